The minimum absolute atomic E-state index is 0.966. The highest BCUT2D eigenvalue weighted by molar-refractivity contribution is 5.75. The Kier molecular flexibility index (Phi) is 10.4. The average Bonchev–Trinajstić information content (AvgIpc) is 2.54. The molecule has 0 spiro atoms. The second-order valence-electron chi connectivity index (χ2n) is 4.07. The zero-order chi connectivity index (χ0) is 16.1. The summed E-state index contributed by atoms with van der Waals surface area (Å²) in [6.07, 6.45) is 17.3. The molecule has 2 heteroatoms. The van der Waals surface area contributed by atoms with Gasteiger partial charge in [-0.2, -0.15) is 0 Å². The first-order valence-electron chi connectivity index (χ1n) is 7.28. The molecule has 1 rings (SSSR count). The van der Waals surface area contributed by atoms with Crippen LogP contribution in [0.3, 0.4) is 0 Å². The van der Waals surface area contributed by atoms with Crippen LogP contribution in [0.25, 0.3) is 5.57 Å². The summed E-state index contributed by atoms with van der Waals surface area (Å²) in [6, 6.07) is 0. The fraction of sp³-hybridized carbons (Fsp3) is 0.263. The molecule has 0 aliphatic heterocycles. The smallest absolute Gasteiger partial charge is 0.115 e. The molecule has 0 saturated carbocycles. The van der Waals surface area contributed by atoms with E-state index in [-0.39, 0.29) is 0 Å². The van der Waals surface area contributed by atoms with E-state index in [1.54, 1.807) is 12.4 Å². The lowest BCUT2D eigenvalue weighted by Crippen LogP contribution is -1.87. The molecule has 0 aromatic carbocycles. The van der Waals surface area contributed by atoms with Gasteiger partial charge in [0.1, 0.15) is 6.33 Å². The zero-order valence-corrected chi connectivity index (χ0v) is 13.8. The normalized spacial score (nSPS) is 12.9. The maximum atomic E-state index is 4.04. The molecule has 0 radical (unpaired) electrons. The predicted molar refractivity (Wildman–Crippen MR) is 93.9 cm³/mol. The Bertz CT molecular complexity index is 532. The third kappa shape index (κ3) is 6.66. The van der Waals surface area contributed by atoms with Gasteiger partial charge in [0.2, 0.25) is 0 Å². The summed E-state index contributed by atoms with van der Waals surface area (Å²) in [7, 11) is 0. The molecule has 0 aliphatic rings. The predicted octanol–water partition coefficient (Wildman–Crippen LogP) is 5.54. The van der Waals surface area contributed by atoms with Crippen molar-refractivity contribution < 1.29 is 0 Å². The zero-order valence-electron chi connectivity index (χ0n) is 13.8. The van der Waals surface area contributed by atoms with Gasteiger partial charge in [-0.3, -0.25) is 0 Å². The van der Waals surface area contributed by atoms with Crippen molar-refractivity contribution in [1.82, 2.24) is 9.97 Å². The van der Waals surface area contributed by atoms with Crippen LogP contribution in [0.1, 0.15) is 40.2 Å². The first kappa shape index (κ1) is 18.8. The van der Waals surface area contributed by atoms with E-state index >= 15 is 0 Å². The van der Waals surface area contributed by atoms with Crippen LogP contribution in [-0.4, -0.2) is 9.97 Å². The molecule has 0 N–H and O–H groups in total. The van der Waals surface area contributed by atoms with Crippen molar-refractivity contribution in [2.24, 2.45) is 0 Å². The summed E-state index contributed by atoms with van der Waals surface area (Å²) in [5, 5.41) is 0. The number of aromatic nitrogens is 2. The van der Waals surface area contributed by atoms with Gasteiger partial charge < -0.3 is 0 Å². The molecule has 0 unspecified atom stereocenters. The summed E-state index contributed by atoms with van der Waals surface area (Å²) in [5.74, 6) is 0. The van der Waals surface area contributed by atoms with Crippen molar-refractivity contribution in [2.75, 3.05) is 0 Å². The third-order valence-corrected chi connectivity index (χ3v) is 2.64. The highest BCUT2D eigenvalue weighted by Crippen LogP contribution is 2.19. The molecule has 0 atom stereocenters. The van der Waals surface area contributed by atoms with E-state index in [9.17, 15) is 0 Å². The van der Waals surface area contributed by atoms with Crippen molar-refractivity contribution in [2.45, 2.75) is 34.6 Å². The molecule has 2 nitrogen and oxygen atoms in total. The fourth-order valence-corrected chi connectivity index (χ4v) is 1.69. The molecule has 0 amide bonds. The Morgan fingerprint density at radius 2 is 1.62 bits per heavy atom. The molecule has 0 bridgehead atoms. The Morgan fingerprint density at radius 1 is 1.05 bits per heavy atom. The molecule has 0 fully saturated rings. The van der Waals surface area contributed by atoms with Gasteiger partial charge in [0.25, 0.3) is 0 Å². The molecule has 0 aliphatic carbocycles. The summed E-state index contributed by atoms with van der Waals surface area (Å²) in [4.78, 5) is 8.08. The van der Waals surface area contributed by atoms with Gasteiger partial charge in [-0.05, 0) is 43.6 Å². The fourth-order valence-electron chi connectivity index (χ4n) is 1.69. The summed E-state index contributed by atoms with van der Waals surface area (Å²) >= 11 is 0. The van der Waals surface area contributed by atoms with Crippen LogP contribution in [0.2, 0.25) is 0 Å². The maximum absolute atomic E-state index is 4.04. The Hall–Kier alpha value is -2.22. The van der Waals surface area contributed by atoms with E-state index in [1.165, 1.54) is 11.9 Å². The number of rotatable bonds is 5. The quantitative estimate of drug-likeness (QED) is 0.662. The molecule has 0 saturated heterocycles. The van der Waals surface area contributed by atoms with E-state index in [2.05, 4.69) is 41.7 Å². The van der Waals surface area contributed by atoms with Crippen molar-refractivity contribution in [3.05, 3.63) is 78.5 Å². The summed E-state index contributed by atoms with van der Waals surface area (Å²) in [6.45, 7) is 14.0. The van der Waals surface area contributed by atoms with Crippen LogP contribution >= 0.6 is 0 Å². The number of allylic oxidation sites excluding steroid dienone is 9. The van der Waals surface area contributed by atoms with E-state index < -0.39 is 0 Å². The molecule has 112 valence electrons. The van der Waals surface area contributed by atoms with Crippen molar-refractivity contribution in [3.8, 4) is 0 Å². The number of hydrogen-bond donors (Lipinski definition) is 0. The Balaban J connectivity index is 0.00000191. The summed E-state index contributed by atoms with van der Waals surface area (Å²) in [5.41, 5.74) is 4.33. The minimum Gasteiger partial charge on any atom is -0.244 e. The lowest BCUT2D eigenvalue weighted by atomic mass is 10.0. The standard InChI is InChI=1S/C17H20N2.C2H6/c1-5-8-14(4)16(9-6-2)10-15(7-3)17-11-18-13-19-12-17;1-2/h5-13H,3H2,1-2,4H3;1-2H3/b8-5-,9-6-,15-10+,16-14+;. The third-order valence-electron chi connectivity index (χ3n) is 2.64. The number of nitrogens with zero attached hydrogens (tertiary/aromatic N) is 2. The molecule has 1 aromatic rings. The van der Waals surface area contributed by atoms with Gasteiger partial charge in [0.15, 0.2) is 0 Å². The van der Waals surface area contributed by atoms with Gasteiger partial charge in [-0.1, -0.05) is 50.8 Å². The largest absolute Gasteiger partial charge is 0.244 e. The van der Waals surface area contributed by atoms with Crippen molar-refractivity contribution in [3.63, 3.8) is 0 Å². The lowest BCUT2D eigenvalue weighted by Gasteiger charge is -2.04. The van der Waals surface area contributed by atoms with E-state index in [1.807, 2.05) is 45.9 Å². The molecular formula is C19H26N2. The highest BCUT2D eigenvalue weighted by atomic mass is 14.8. The molecular weight excluding hydrogens is 256 g/mol. The van der Waals surface area contributed by atoms with Crippen molar-refractivity contribution >= 4 is 5.57 Å². The molecule has 21 heavy (non-hydrogen) atoms. The van der Waals surface area contributed by atoms with Crippen LogP contribution in [0.4, 0.5) is 0 Å². The van der Waals surface area contributed by atoms with Gasteiger partial charge in [-0.15, -0.1) is 0 Å². The van der Waals surface area contributed by atoms with Crippen LogP contribution in [0.15, 0.2) is 72.9 Å². The van der Waals surface area contributed by atoms with Gasteiger partial charge in [-0.25, -0.2) is 9.97 Å². The monoisotopic (exact) mass is 282 g/mol. The average molecular weight is 282 g/mol. The maximum Gasteiger partial charge on any atom is 0.115 e. The number of hydrogen-bond acceptors (Lipinski definition) is 2. The van der Waals surface area contributed by atoms with Gasteiger partial charge >= 0.3 is 0 Å². The van der Waals surface area contributed by atoms with E-state index in [4.69, 9.17) is 0 Å². The van der Waals surface area contributed by atoms with E-state index in [0.29, 0.717) is 0 Å². The Labute approximate surface area is 129 Å². The van der Waals surface area contributed by atoms with Crippen molar-refractivity contribution in [1.29, 1.82) is 0 Å². The van der Waals surface area contributed by atoms with E-state index in [0.717, 1.165) is 16.7 Å². The summed E-state index contributed by atoms with van der Waals surface area (Å²) < 4.78 is 0. The van der Waals surface area contributed by atoms with Crippen LogP contribution in [-0.2, 0) is 0 Å². The molecule has 1 heterocycles. The second-order valence-corrected chi connectivity index (χ2v) is 4.07. The minimum atomic E-state index is 0.966. The highest BCUT2D eigenvalue weighted by Gasteiger charge is 2.00. The first-order valence-corrected chi connectivity index (χ1v) is 7.28. The van der Waals surface area contributed by atoms with Crippen LogP contribution in [0.5, 0.6) is 0 Å². The Morgan fingerprint density at radius 3 is 2.10 bits per heavy atom. The van der Waals surface area contributed by atoms with Crippen LogP contribution < -0.4 is 0 Å². The SMILES string of the molecule is C=C\C(=C/C(/C=C\C)=C(C)/C=C\C)c1cncnc1.CC. The van der Waals surface area contributed by atoms with Gasteiger partial charge in [0, 0.05) is 18.0 Å². The van der Waals surface area contributed by atoms with Gasteiger partial charge in [0.05, 0.1) is 0 Å². The first-order chi connectivity index (χ1) is 10.2. The lowest BCUT2D eigenvalue weighted by molar-refractivity contribution is 1.15. The topological polar surface area (TPSA) is 25.8 Å². The second kappa shape index (κ2) is 11.6. The molecule has 1 aromatic heterocycles. The van der Waals surface area contributed by atoms with Crippen LogP contribution in [0, 0.1) is 0 Å².